The molecule has 2 amide bonds. The lowest BCUT2D eigenvalue weighted by atomic mass is 10.1. The van der Waals surface area contributed by atoms with Crippen molar-refractivity contribution in [2.24, 2.45) is 0 Å². The summed E-state index contributed by atoms with van der Waals surface area (Å²) in [7, 11) is 0. The predicted octanol–water partition coefficient (Wildman–Crippen LogP) is 2.40. The van der Waals surface area contributed by atoms with E-state index in [1.165, 1.54) is 6.08 Å². The number of unbranched alkanes of at least 4 members (excludes halogenated alkanes) is 1. The molecule has 0 spiro atoms. The van der Waals surface area contributed by atoms with Gasteiger partial charge in [-0.3, -0.25) is 14.3 Å². The molecule has 1 fully saturated rings. The second-order valence-corrected chi connectivity index (χ2v) is 6.30. The molecule has 24 heavy (non-hydrogen) atoms. The summed E-state index contributed by atoms with van der Waals surface area (Å²) in [6.45, 7) is 7.67. The minimum Gasteiger partial charge on any atom is -0.353 e. The number of nitrogens with one attached hydrogen (secondary N) is 1. The van der Waals surface area contributed by atoms with Gasteiger partial charge >= 0.3 is 0 Å². The zero-order chi connectivity index (χ0) is 17.7. The number of amides is 2. The zero-order valence-electron chi connectivity index (χ0n) is 14.5. The molecule has 1 aromatic rings. The quantitative estimate of drug-likeness (QED) is 0.799. The second kappa shape index (κ2) is 8.33. The van der Waals surface area contributed by atoms with E-state index in [4.69, 9.17) is 11.6 Å². The number of hydrogen-bond donors (Lipinski definition) is 1. The van der Waals surface area contributed by atoms with Gasteiger partial charge in [-0.1, -0.05) is 31.9 Å². The number of rotatable bonds is 6. The van der Waals surface area contributed by atoms with Crippen molar-refractivity contribution in [3.05, 3.63) is 22.5 Å². The topological polar surface area (TPSA) is 67.2 Å². The van der Waals surface area contributed by atoms with Gasteiger partial charge in [0, 0.05) is 31.3 Å². The third-order valence-corrected chi connectivity index (χ3v) is 4.62. The molecule has 1 saturated heterocycles. The highest BCUT2D eigenvalue weighted by Gasteiger charge is 2.30. The van der Waals surface area contributed by atoms with E-state index >= 15 is 0 Å². The smallest absolute Gasteiger partial charge is 0.247 e. The standard InChI is InChI=1S/C17H25ClN4O2/c1-4-6-10-22-16(18)13(12(3)20-22)7-8-15(23)21-11-9-19-17(24)14(21)5-2/h7-8,14H,4-6,9-11H2,1-3H3,(H,19,24). The number of hydrogen-bond acceptors (Lipinski definition) is 3. The monoisotopic (exact) mass is 352 g/mol. The van der Waals surface area contributed by atoms with Gasteiger partial charge in [0.25, 0.3) is 0 Å². The molecule has 1 unspecified atom stereocenters. The van der Waals surface area contributed by atoms with Crippen molar-refractivity contribution in [2.75, 3.05) is 13.1 Å². The van der Waals surface area contributed by atoms with Crippen molar-refractivity contribution >= 4 is 29.5 Å². The van der Waals surface area contributed by atoms with Gasteiger partial charge in [0.15, 0.2) is 0 Å². The predicted molar refractivity (Wildman–Crippen MR) is 94.7 cm³/mol. The first-order chi connectivity index (χ1) is 11.5. The molecule has 1 aliphatic rings. The Labute approximate surface area is 147 Å². The molecule has 1 N–H and O–H groups in total. The lowest BCUT2D eigenvalue weighted by Gasteiger charge is -2.33. The molecule has 0 saturated carbocycles. The number of carbonyl (C=O) groups excluding carboxylic acids is 2. The first-order valence-electron chi connectivity index (χ1n) is 8.48. The van der Waals surface area contributed by atoms with Crippen molar-refractivity contribution in [2.45, 2.75) is 52.6 Å². The average Bonchev–Trinajstić information content (AvgIpc) is 2.84. The summed E-state index contributed by atoms with van der Waals surface area (Å²) < 4.78 is 1.77. The van der Waals surface area contributed by atoms with Crippen LogP contribution in [0.5, 0.6) is 0 Å². The number of aryl methyl sites for hydroxylation is 2. The van der Waals surface area contributed by atoms with Gasteiger partial charge in [-0.15, -0.1) is 0 Å². The lowest BCUT2D eigenvalue weighted by molar-refractivity contribution is -0.140. The molecule has 2 rings (SSSR count). The number of carbonyl (C=O) groups is 2. The number of aromatic nitrogens is 2. The maximum atomic E-state index is 12.5. The van der Waals surface area contributed by atoms with Gasteiger partial charge in [-0.2, -0.15) is 5.10 Å². The van der Waals surface area contributed by atoms with Crippen LogP contribution in [0, 0.1) is 6.92 Å². The lowest BCUT2D eigenvalue weighted by Crippen LogP contribution is -2.56. The third kappa shape index (κ3) is 3.98. The van der Waals surface area contributed by atoms with E-state index in [0.29, 0.717) is 24.7 Å². The van der Waals surface area contributed by atoms with E-state index in [1.807, 2.05) is 13.8 Å². The fraction of sp³-hybridized carbons (Fsp3) is 0.588. The Morgan fingerprint density at radius 1 is 1.46 bits per heavy atom. The van der Waals surface area contributed by atoms with E-state index in [-0.39, 0.29) is 11.8 Å². The molecule has 1 aromatic heterocycles. The van der Waals surface area contributed by atoms with Crippen molar-refractivity contribution in [3.63, 3.8) is 0 Å². The molecule has 7 heteroatoms. The molecule has 6 nitrogen and oxygen atoms in total. The van der Waals surface area contributed by atoms with Crippen LogP contribution in [0.25, 0.3) is 6.08 Å². The Morgan fingerprint density at radius 2 is 2.21 bits per heavy atom. The highest BCUT2D eigenvalue weighted by atomic mass is 35.5. The van der Waals surface area contributed by atoms with E-state index in [9.17, 15) is 9.59 Å². The Kier molecular flexibility index (Phi) is 6.43. The van der Waals surface area contributed by atoms with Crippen LogP contribution < -0.4 is 5.32 Å². The van der Waals surface area contributed by atoms with Crippen LogP contribution in [-0.2, 0) is 16.1 Å². The van der Waals surface area contributed by atoms with E-state index in [0.717, 1.165) is 30.6 Å². The molecule has 0 aliphatic carbocycles. The number of halogens is 1. The molecule has 2 heterocycles. The normalized spacial score (nSPS) is 18.2. The summed E-state index contributed by atoms with van der Waals surface area (Å²) in [4.78, 5) is 26.0. The van der Waals surface area contributed by atoms with Crippen LogP contribution in [0.2, 0.25) is 5.15 Å². The molecule has 1 atom stereocenters. The molecule has 1 aliphatic heterocycles. The summed E-state index contributed by atoms with van der Waals surface area (Å²) >= 11 is 6.37. The van der Waals surface area contributed by atoms with Crippen LogP contribution in [0.1, 0.15) is 44.4 Å². The van der Waals surface area contributed by atoms with E-state index in [1.54, 1.807) is 15.7 Å². The van der Waals surface area contributed by atoms with E-state index < -0.39 is 6.04 Å². The molecule has 0 aromatic carbocycles. The maximum absolute atomic E-state index is 12.5. The SMILES string of the molecule is CCCCn1nc(C)c(C=CC(=O)N2CCNC(=O)C2CC)c1Cl. The van der Waals surface area contributed by atoms with E-state index in [2.05, 4.69) is 17.3 Å². The molecular formula is C17H25ClN4O2. The van der Waals surface area contributed by atoms with Crippen LogP contribution in [0.4, 0.5) is 0 Å². The van der Waals surface area contributed by atoms with Crippen molar-refractivity contribution in [3.8, 4) is 0 Å². The van der Waals surface area contributed by atoms with Gasteiger partial charge < -0.3 is 10.2 Å². The van der Waals surface area contributed by atoms with Gasteiger partial charge in [0.2, 0.25) is 11.8 Å². The van der Waals surface area contributed by atoms with Gasteiger partial charge in [0.05, 0.1) is 5.69 Å². The average molecular weight is 353 g/mol. The fourth-order valence-corrected chi connectivity index (χ4v) is 3.17. The Balaban J connectivity index is 2.14. The first-order valence-corrected chi connectivity index (χ1v) is 8.86. The van der Waals surface area contributed by atoms with Crippen LogP contribution in [0.3, 0.4) is 0 Å². The second-order valence-electron chi connectivity index (χ2n) is 5.95. The minimum absolute atomic E-state index is 0.0906. The van der Waals surface area contributed by atoms with Crippen LogP contribution in [0.15, 0.2) is 6.08 Å². The number of nitrogens with zero attached hydrogens (tertiary/aromatic N) is 3. The summed E-state index contributed by atoms with van der Waals surface area (Å²) in [6.07, 6.45) is 5.86. The molecular weight excluding hydrogens is 328 g/mol. The van der Waals surface area contributed by atoms with Gasteiger partial charge in [-0.25, -0.2) is 0 Å². The van der Waals surface area contributed by atoms with Crippen molar-refractivity contribution < 1.29 is 9.59 Å². The zero-order valence-corrected chi connectivity index (χ0v) is 15.3. The summed E-state index contributed by atoms with van der Waals surface area (Å²) in [6, 6.07) is -0.403. The maximum Gasteiger partial charge on any atom is 0.247 e. The fourth-order valence-electron chi connectivity index (χ4n) is 2.85. The van der Waals surface area contributed by atoms with Gasteiger partial charge in [0.1, 0.15) is 11.2 Å². The Morgan fingerprint density at radius 3 is 2.88 bits per heavy atom. The van der Waals surface area contributed by atoms with Crippen LogP contribution in [-0.4, -0.2) is 45.6 Å². The Bertz CT molecular complexity index is 639. The number of piperazine rings is 1. The van der Waals surface area contributed by atoms with Gasteiger partial charge in [-0.05, 0) is 25.8 Å². The largest absolute Gasteiger partial charge is 0.353 e. The third-order valence-electron chi connectivity index (χ3n) is 4.23. The molecule has 0 radical (unpaired) electrons. The highest BCUT2D eigenvalue weighted by Crippen LogP contribution is 2.22. The molecule has 132 valence electrons. The minimum atomic E-state index is -0.403. The summed E-state index contributed by atoms with van der Waals surface area (Å²) in [5, 5.41) is 7.77. The Hall–Kier alpha value is -1.82. The highest BCUT2D eigenvalue weighted by molar-refractivity contribution is 6.31. The van der Waals surface area contributed by atoms with Crippen LogP contribution >= 0.6 is 11.6 Å². The summed E-state index contributed by atoms with van der Waals surface area (Å²) in [5.74, 6) is -0.263. The van der Waals surface area contributed by atoms with Crippen molar-refractivity contribution in [1.82, 2.24) is 20.0 Å². The first kappa shape index (κ1) is 18.5. The summed E-state index contributed by atoms with van der Waals surface area (Å²) in [5.41, 5.74) is 1.55. The van der Waals surface area contributed by atoms with Crippen molar-refractivity contribution in [1.29, 1.82) is 0 Å². The molecule has 0 bridgehead atoms.